The molecule has 0 amide bonds. The van der Waals surface area contributed by atoms with E-state index in [2.05, 4.69) is 64.6 Å². The fourth-order valence-corrected chi connectivity index (χ4v) is 2.44. The van der Waals surface area contributed by atoms with Crippen LogP contribution in [0.5, 0.6) is 0 Å². The van der Waals surface area contributed by atoms with Crippen molar-refractivity contribution in [3.05, 3.63) is 76.9 Å². The van der Waals surface area contributed by atoms with Crippen molar-refractivity contribution in [2.75, 3.05) is 6.54 Å². The van der Waals surface area contributed by atoms with Crippen LogP contribution in [0, 0.1) is 13.8 Å². The average Bonchev–Trinajstić information content (AvgIpc) is 2.49. The summed E-state index contributed by atoms with van der Waals surface area (Å²) in [6, 6.07) is 6.61. The summed E-state index contributed by atoms with van der Waals surface area (Å²) < 4.78 is 0. The Morgan fingerprint density at radius 2 is 1.95 bits per heavy atom. The first-order valence-corrected chi connectivity index (χ1v) is 7.82. The molecule has 1 aromatic rings. The van der Waals surface area contributed by atoms with Crippen molar-refractivity contribution >= 4 is 11.3 Å². The molecule has 0 saturated carbocycles. The Kier molecular flexibility index (Phi) is 5.32. The van der Waals surface area contributed by atoms with Crippen LogP contribution in [0.25, 0.3) is 5.57 Å². The maximum Gasteiger partial charge on any atom is 0.0715 e. The molecule has 1 heterocycles. The number of allylic oxidation sites excluding steroid dienone is 6. The standard InChI is InChI=1S/C21H25N/c1-15(2)8-6-9-17(4)21-20(10-7-13-22-21)19-12-11-16(3)18(5)14-19/h6,8-12,14H,4,7,13H2,1-3,5H3/b9-6-. The first-order valence-electron chi connectivity index (χ1n) is 7.82. The number of aryl methyl sites for hydroxylation is 2. The summed E-state index contributed by atoms with van der Waals surface area (Å²) in [6.07, 6.45) is 9.47. The van der Waals surface area contributed by atoms with Crippen LogP contribution < -0.4 is 0 Å². The number of benzene rings is 1. The smallest absolute Gasteiger partial charge is 0.0715 e. The van der Waals surface area contributed by atoms with Crippen LogP contribution in [0.1, 0.15) is 37.0 Å². The van der Waals surface area contributed by atoms with Crippen LogP contribution >= 0.6 is 0 Å². The van der Waals surface area contributed by atoms with E-state index in [1.165, 1.54) is 27.8 Å². The molecule has 0 unspecified atom stereocenters. The summed E-state index contributed by atoms with van der Waals surface area (Å²) in [4.78, 5) is 4.71. The third-order valence-electron chi connectivity index (χ3n) is 3.85. The Hall–Kier alpha value is -2.15. The van der Waals surface area contributed by atoms with Gasteiger partial charge in [-0.2, -0.15) is 0 Å². The molecule has 0 aliphatic carbocycles. The van der Waals surface area contributed by atoms with Crippen molar-refractivity contribution < 1.29 is 0 Å². The first-order chi connectivity index (χ1) is 10.5. The molecular weight excluding hydrogens is 266 g/mol. The van der Waals surface area contributed by atoms with Gasteiger partial charge in [-0.3, -0.25) is 4.99 Å². The van der Waals surface area contributed by atoms with Gasteiger partial charge >= 0.3 is 0 Å². The van der Waals surface area contributed by atoms with Crippen molar-refractivity contribution in [2.45, 2.75) is 34.1 Å². The summed E-state index contributed by atoms with van der Waals surface area (Å²) in [6.45, 7) is 13.5. The minimum Gasteiger partial charge on any atom is -0.284 e. The molecular formula is C21H25N. The van der Waals surface area contributed by atoms with Crippen LogP contribution in [0.3, 0.4) is 0 Å². The van der Waals surface area contributed by atoms with Gasteiger partial charge < -0.3 is 0 Å². The van der Waals surface area contributed by atoms with Gasteiger partial charge in [-0.25, -0.2) is 0 Å². The summed E-state index contributed by atoms with van der Waals surface area (Å²) >= 11 is 0. The summed E-state index contributed by atoms with van der Waals surface area (Å²) in [5.41, 5.74) is 8.35. The molecule has 2 rings (SSSR count). The average molecular weight is 291 g/mol. The SMILES string of the molecule is C=C(/C=C\C=C(C)C)C1=NCCC=C1c1ccc(C)c(C)c1. The molecule has 0 radical (unpaired) electrons. The Labute approximate surface area is 134 Å². The van der Waals surface area contributed by atoms with E-state index in [1.54, 1.807) is 0 Å². The molecule has 114 valence electrons. The van der Waals surface area contributed by atoms with Gasteiger partial charge in [0.1, 0.15) is 0 Å². The molecule has 22 heavy (non-hydrogen) atoms. The van der Waals surface area contributed by atoms with Crippen molar-refractivity contribution in [1.29, 1.82) is 0 Å². The van der Waals surface area contributed by atoms with E-state index in [0.29, 0.717) is 0 Å². The third-order valence-corrected chi connectivity index (χ3v) is 3.85. The van der Waals surface area contributed by atoms with Crippen molar-refractivity contribution in [1.82, 2.24) is 0 Å². The minimum atomic E-state index is 0.846. The molecule has 0 saturated heterocycles. The van der Waals surface area contributed by atoms with Gasteiger partial charge in [0.2, 0.25) is 0 Å². The zero-order chi connectivity index (χ0) is 16.1. The summed E-state index contributed by atoms with van der Waals surface area (Å²) in [5, 5.41) is 0. The van der Waals surface area contributed by atoms with Gasteiger partial charge in [-0.1, -0.05) is 54.7 Å². The van der Waals surface area contributed by atoms with Gasteiger partial charge in [0.05, 0.1) is 5.71 Å². The third kappa shape index (κ3) is 3.94. The quantitative estimate of drug-likeness (QED) is 0.639. The normalized spacial score (nSPS) is 14.5. The van der Waals surface area contributed by atoms with Crippen molar-refractivity contribution in [2.24, 2.45) is 4.99 Å². The molecule has 0 fully saturated rings. The van der Waals surface area contributed by atoms with E-state index in [-0.39, 0.29) is 0 Å². The Morgan fingerprint density at radius 1 is 1.18 bits per heavy atom. The summed E-state index contributed by atoms with van der Waals surface area (Å²) in [5.74, 6) is 0. The van der Waals surface area contributed by atoms with E-state index >= 15 is 0 Å². The highest BCUT2D eigenvalue weighted by molar-refractivity contribution is 6.32. The van der Waals surface area contributed by atoms with Gasteiger partial charge in [-0.15, -0.1) is 0 Å². The highest BCUT2D eigenvalue weighted by Crippen LogP contribution is 2.26. The topological polar surface area (TPSA) is 12.4 Å². The van der Waals surface area contributed by atoms with Crippen LogP contribution in [0.15, 0.2) is 65.2 Å². The number of rotatable bonds is 4. The first kappa shape index (κ1) is 16.2. The van der Waals surface area contributed by atoms with Crippen molar-refractivity contribution in [3.63, 3.8) is 0 Å². The molecule has 1 aliphatic heterocycles. The molecule has 1 aliphatic rings. The van der Waals surface area contributed by atoms with Gasteiger partial charge in [0.25, 0.3) is 0 Å². The molecule has 0 spiro atoms. The van der Waals surface area contributed by atoms with E-state index in [9.17, 15) is 0 Å². The maximum atomic E-state index is 4.71. The lowest BCUT2D eigenvalue weighted by atomic mass is 9.91. The maximum absolute atomic E-state index is 4.71. The van der Waals surface area contributed by atoms with E-state index in [1.807, 2.05) is 12.2 Å². The zero-order valence-electron chi connectivity index (χ0n) is 14.1. The Bertz CT molecular complexity index is 693. The molecule has 1 nitrogen and oxygen atoms in total. The second kappa shape index (κ2) is 7.22. The second-order valence-corrected chi connectivity index (χ2v) is 6.06. The predicted molar refractivity (Wildman–Crippen MR) is 98.5 cm³/mol. The lowest BCUT2D eigenvalue weighted by Gasteiger charge is -2.17. The second-order valence-electron chi connectivity index (χ2n) is 6.06. The number of dihydropyridines is 1. The van der Waals surface area contributed by atoms with Gasteiger partial charge in [0, 0.05) is 12.1 Å². The highest BCUT2D eigenvalue weighted by atomic mass is 14.7. The zero-order valence-corrected chi connectivity index (χ0v) is 14.1. The van der Waals surface area contributed by atoms with E-state index < -0.39 is 0 Å². The fraction of sp³-hybridized carbons (Fsp3) is 0.286. The molecule has 0 aromatic heterocycles. The van der Waals surface area contributed by atoms with E-state index in [4.69, 9.17) is 4.99 Å². The highest BCUT2D eigenvalue weighted by Gasteiger charge is 2.14. The van der Waals surface area contributed by atoms with Gasteiger partial charge in [-0.05, 0) is 56.4 Å². The number of nitrogens with zero attached hydrogens (tertiary/aromatic N) is 1. The van der Waals surface area contributed by atoms with E-state index in [0.717, 1.165) is 24.3 Å². The number of hydrogen-bond donors (Lipinski definition) is 0. The fourth-order valence-electron chi connectivity index (χ4n) is 2.44. The largest absolute Gasteiger partial charge is 0.284 e. The molecule has 1 heteroatoms. The molecule has 1 aromatic carbocycles. The molecule has 0 bridgehead atoms. The summed E-state index contributed by atoms with van der Waals surface area (Å²) in [7, 11) is 0. The van der Waals surface area contributed by atoms with Crippen LogP contribution in [-0.4, -0.2) is 12.3 Å². The van der Waals surface area contributed by atoms with Crippen molar-refractivity contribution in [3.8, 4) is 0 Å². The van der Waals surface area contributed by atoms with Gasteiger partial charge in [0.15, 0.2) is 0 Å². The Balaban J connectivity index is 2.30. The molecule has 0 atom stereocenters. The lowest BCUT2D eigenvalue weighted by molar-refractivity contribution is 0.997. The number of hydrogen-bond acceptors (Lipinski definition) is 1. The molecule has 0 N–H and O–H groups in total. The predicted octanol–water partition coefficient (Wildman–Crippen LogP) is 5.61. The Morgan fingerprint density at radius 3 is 2.64 bits per heavy atom. The van der Waals surface area contributed by atoms with Crippen LogP contribution in [-0.2, 0) is 0 Å². The monoisotopic (exact) mass is 291 g/mol. The lowest BCUT2D eigenvalue weighted by Crippen LogP contribution is -2.09. The number of aliphatic imine (C=N–C) groups is 1. The van der Waals surface area contributed by atoms with Crippen LogP contribution in [0.2, 0.25) is 0 Å². The van der Waals surface area contributed by atoms with Crippen LogP contribution in [0.4, 0.5) is 0 Å². The minimum absolute atomic E-state index is 0.846.